The first-order valence-corrected chi connectivity index (χ1v) is 13.9. The Balaban J connectivity index is 2.24. The fourth-order valence-corrected chi connectivity index (χ4v) is 5.62. The van der Waals surface area contributed by atoms with E-state index in [1.54, 1.807) is 0 Å². The van der Waals surface area contributed by atoms with Gasteiger partial charge in [0.05, 0.1) is 0 Å². The second-order valence-corrected chi connectivity index (χ2v) is 11.3. The third-order valence-corrected chi connectivity index (χ3v) is 8.32. The molecule has 1 atom stereocenters. The SMILES string of the molecule is CCC(Cc1ccccc1)(CN(c1c(C(C)C)cccc1C(C)C)C(C)(C)c1ccccn1)[O][Zr]. The molecule has 0 aliphatic heterocycles. The summed E-state index contributed by atoms with van der Waals surface area (Å²) >= 11 is 1.10. The van der Waals surface area contributed by atoms with Gasteiger partial charge in [0, 0.05) is 0 Å². The van der Waals surface area contributed by atoms with Gasteiger partial charge in [-0.05, 0) is 0 Å². The molecule has 185 valence electrons. The molecule has 0 saturated carbocycles. The summed E-state index contributed by atoms with van der Waals surface area (Å²) in [6, 6.07) is 23.8. The van der Waals surface area contributed by atoms with E-state index < -0.39 is 0 Å². The molecule has 35 heavy (non-hydrogen) atoms. The van der Waals surface area contributed by atoms with Crippen molar-refractivity contribution in [3.05, 3.63) is 95.3 Å². The molecule has 1 unspecified atom stereocenters. The van der Waals surface area contributed by atoms with Crippen LogP contribution in [0.4, 0.5) is 5.69 Å². The zero-order valence-corrected chi connectivity index (χ0v) is 25.0. The number of anilines is 1. The third-order valence-electron chi connectivity index (χ3n) is 7.26. The Morgan fingerprint density at radius 1 is 0.857 bits per heavy atom. The van der Waals surface area contributed by atoms with E-state index in [4.69, 9.17) is 7.80 Å². The van der Waals surface area contributed by atoms with E-state index in [1.165, 1.54) is 22.4 Å². The van der Waals surface area contributed by atoms with Crippen LogP contribution in [0.25, 0.3) is 0 Å². The van der Waals surface area contributed by atoms with Gasteiger partial charge >= 0.3 is 230 Å². The van der Waals surface area contributed by atoms with E-state index in [-0.39, 0.29) is 11.1 Å². The molecule has 3 aromatic rings. The molecule has 0 aliphatic carbocycles. The van der Waals surface area contributed by atoms with Crippen molar-refractivity contribution in [2.75, 3.05) is 11.4 Å². The van der Waals surface area contributed by atoms with Crippen LogP contribution in [0.1, 0.15) is 89.1 Å². The van der Waals surface area contributed by atoms with Gasteiger partial charge in [0.1, 0.15) is 0 Å². The van der Waals surface area contributed by atoms with Gasteiger partial charge in [-0.1, -0.05) is 0 Å². The van der Waals surface area contributed by atoms with Gasteiger partial charge in [-0.3, -0.25) is 0 Å². The standard InChI is InChI=1S/C31H41N2O.Zr/c1-8-31(34,21-25-15-10-9-11-16-25)22-33(30(6,7)28-19-12-13-20-32-28)29-26(23(2)3)17-14-18-27(29)24(4)5;/h9-20,23-24H,8,21-22H2,1-7H3;/q-1;+1. The van der Waals surface area contributed by atoms with E-state index in [1.807, 2.05) is 12.3 Å². The van der Waals surface area contributed by atoms with Gasteiger partial charge < -0.3 is 0 Å². The zero-order valence-electron chi connectivity index (χ0n) is 22.5. The number of hydrogen-bond donors (Lipinski definition) is 0. The summed E-state index contributed by atoms with van der Waals surface area (Å²) in [5.74, 6) is 0.814. The molecule has 0 amide bonds. The van der Waals surface area contributed by atoms with Gasteiger partial charge in [-0.15, -0.1) is 0 Å². The van der Waals surface area contributed by atoms with Crippen LogP contribution >= 0.6 is 0 Å². The molecule has 0 fully saturated rings. The zero-order chi connectivity index (χ0) is 25.6. The van der Waals surface area contributed by atoms with E-state index in [2.05, 4.69) is 114 Å². The number of hydrogen-bond acceptors (Lipinski definition) is 3. The Morgan fingerprint density at radius 2 is 1.46 bits per heavy atom. The first-order chi connectivity index (χ1) is 16.6. The van der Waals surface area contributed by atoms with Crippen LogP contribution in [0.5, 0.6) is 0 Å². The first-order valence-electron chi connectivity index (χ1n) is 12.9. The van der Waals surface area contributed by atoms with Crippen molar-refractivity contribution >= 4 is 5.69 Å². The normalized spacial score (nSPS) is 13.7. The van der Waals surface area contributed by atoms with E-state index in [9.17, 15) is 0 Å². The van der Waals surface area contributed by atoms with Gasteiger partial charge in [-0.2, -0.15) is 0 Å². The van der Waals surface area contributed by atoms with E-state index in [0.717, 1.165) is 50.2 Å². The van der Waals surface area contributed by atoms with Crippen molar-refractivity contribution in [1.29, 1.82) is 0 Å². The van der Waals surface area contributed by atoms with Crippen LogP contribution < -0.4 is 4.90 Å². The molecule has 4 heteroatoms. The second-order valence-electron chi connectivity index (χ2n) is 10.8. The number of pyridine rings is 1. The number of rotatable bonds is 11. The van der Waals surface area contributed by atoms with Gasteiger partial charge in [0.2, 0.25) is 0 Å². The van der Waals surface area contributed by atoms with Crippen LogP contribution in [-0.4, -0.2) is 17.1 Å². The Hall–Kier alpha value is -1.77. The van der Waals surface area contributed by atoms with Crippen LogP contribution in [0, 0.1) is 0 Å². The quantitative estimate of drug-likeness (QED) is 0.243. The van der Waals surface area contributed by atoms with Crippen molar-refractivity contribution in [3.8, 4) is 0 Å². The summed E-state index contributed by atoms with van der Waals surface area (Å²) in [5.41, 5.74) is 5.86. The molecule has 2 aromatic carbocycles. The maximum atomic E-state index is 6.50. The predicted octanol–water partition coefficient (Wildman–Crippen LogP) is 7.94. The van der Waals surface area contributed by atoms with Gasteiger partial charge in [0.15, 0.2) is 0 Å². The van der Waals surface area contributed by atoms with Crippen molar-refractivity contribution in [2.45, 2.75) is 84.3 Å². The Labute approximate surface area is 228 Å². The fraction of sp³-hybridized carbons (Fsp3) is 0.452. The van der Waals surface area contributed by atoms with Crippen molar-refractivity contribution < 1.29 is 28.0 Å². The number of nitrogens with zero attached hydrogens (tertiary/aromatic N) is 2. The minimum absolute atomic E-state index is 0.302. The first kappa shape index (κ1) is 27.8. The Morgan fingerprint density at radius 3 is 1.94 bits per heavy atom. The van der Waals surface area contributed by atoms with E-state index in [0.29, 0.717) is 11.8 Å². The summed E-state index contributed by atoms with van der Waals surface area (Å²) in [4.78, 5) is 7.44. The fourth-order valence-electron chi connectivity index (χ4n) is 4.93. The molecular weight excluding hydrogens is 508 g/mol. The second kappa shape index (κ2) is 12.0. The molecule has 0 saturated heterocycles. The summed E-state index contributed by atoms with van der Waals surface area (Å²) in [7, 11) is 0. The van der Waals surface area contributed by atoms with Crippen LogP contribution in [0.3, 0.4) is 0 Å². The summed E-state index contributed by atoms with van der Waals surface area (Å²) in [6.07, 6.45) is 3.72. The molecule has 0 aliphatic rings. The average molecular weight is 549 g/mol. The monoisotopic (exact) mass is 547 g/mol. The van der Waals surface area contributed by atoms with Crippen molar-refractivity contribution in [2.24, 2.45) is 0 Å². The molecular formula is C31H41N2OZr. The number of benzene rings is 2. The molecule has 3 rings (SSSR count). The van der Waals surface area contributed by atoms with Crippen LogP contribution in [0.2, 0.25) is 0 Å². The summed E-state index contributed by atoms with van der Waals surface area (Å²) < 4.78 is 6.50. The third kappa shape index (κ3) is 6.33. The topological polar surface area (TPSA) is 25.4 Å². The summed E-state index contributed by atoms with van der Waals surface area (Å²) in [6.45, 7) is 16.9. The van der Waals surface area contributed by atoms with Crippen LogP contribution in [-0.2, 0) is 39.9 Å². The maximum absolute atomic E-state index is 6.50. The van der Waals surface area contributed by atoms with Gasteiger partial charge in [0.25, 0.3) is 0 Å². The Kier molecular flexibility index (Phi) is 9.52. The Bertz CT molecular complexity index is 1030. The van der Waals surface area contributed by atoms with E-state index >= 15 is 0 Å². The predicted molar refractivity (Wildman–Crippen MR) is 143 cm³/mol. The molecule has 3 nitrogen and oxygen atoms in total. The molecule has 0 bridgehead atoms. The molecule has 1 heterocycles. The average Bonchev–Trinajstić information content (AvgIpc) is 2.87. The number of para-hydroxylation sites is 1. The number of aromatic nitrogens is 1. The molecule has 0 N–H and O–H groups in total. The van der Waals surface area contributed by atoms with Crippen molar-refractivity contribution in [1.82, 2.24) is 4.98 Å². The molecule has 0 radical (unpaired) electrons. The van der Waals surface area contributed by atoms with Gasteiger partial charge in [-0.25, -0.2) is 0 Å². The molecule has 1 aromatic heterocycles. The van der Waals surface area contributed by atoms with Crippen LogP contribution in [0.15, 0.2) is 72.9 Å². The molecule has 0 spiro atoms. The summed E-state index contributed by atoms with van der Waals surface area (Å²) in [5, 5.41) is 0. The minimum atomic E-state index is -0.332. The van der Waals surface area contributed by atoms with Crippen molar-refractivity contribution in [3.63, 3.8) is 0 Å².